The van der Waals surface area contributed by atoms with E-state index in [-0.39, 0.29) is 6.09 Å². The predicted octanol–water partition coefficient (Wildman–Crippen LogP) is 1.14. The van der Waals surface area contributed by atoms with Gasteiger partial charge in [-0.15, -0.1) is 18.2 Å². The molecule has 1 fully saturated rings. The highest BCUT2D eigenvalue weighted by molar-refractivity contribution is 6.18. The average Bonchev–Trinajstić information content (AvgIpc) is 2.40. The van der Waals surface area contributed by atoms with Gasteiger partial charge in [-0.25, -0.2) is 4.79 Å². The van der Waals surface area contributed by atoms with Crippen molar-refractivity contribution in [3.05, 3.63) is 12.7 Å². The number of nitrogens with one attached hydrogen (secondary N) is 1. The number of amides is 1. The van der Waals surface area contributed by atoms with E-state index in [0.717, 1.165) is 0 Å². The van der Waals surface area contributed by atoms with Gasteiger partial charge < -0.3 is 10.1 Å². The minimum atomic E-state index is -0.296. The van der Waals surface area contributed by atoms with Crippen molar-refractivity contribution in [1.82, 2.24) is 5.32 Å². The molecular weight excluding hydrogens is 154 g/mol. The second kappa shape index (κ2) is 6.42. The van der Waals surface area contributed by atoms with Gasteiger partial charge in [-0.3, -0.25) is 0 Å². The van der Waals surface area contributed by atoms with E-state index in [1.807, 2.05) is 0 Å². The smallest absolute Gasteiger partial charge is 0.407 e. The molecule has 0 bridgehead atoms. The normalized spacial score (nSPS) is 14.3. The number of rotatable bonds is 1. The van der Waals surface area contributed by atoms with Crippen LogP contribution >= 0.6 is 11.6 Å². The maximum absolute atomic E-state index is 9.91. The molecule has 1 aliphatic heterocycles. The zero-order valence-electron chi connectivity index (χ0n) is 5.60. The third-order valence-electron chi connectivity index (χ3n) is 0.714. The Hall–Kier alpha value is -0.700. The molecule has 1 aliphatic rings. The van der Waals surface area contributed by atoms with Crippen LogP contribution in [0.4, 0.5) is 4.79 Å². The van der Waals surface area contributed by atoms with Gasteiger partial charge in [0, 0.05) is 5.88 Å². The first-order valence-corrected chi connectivity index (χ1v) is 3.42. The van der Waals surface area contributed by atoms with Gasteiger partial charge in [0.2, 0.25) is 0 Å². The standard InChI is InChI=1S/C3H5Cl.C3H5NO2/c1-2-3-4;5-3-4-1-2-6-3/h2H,1,3H2;1-2H2,(H,4,5). The highest BCUT2D eigenvalue weighted by Gasteiger charge is 2.06. The summed E-state index contributed by atoms with van der Waals surface area (Å²) in [6.07, 6.45) is 1.34. The van der Waals surface area contributed by atoms with Crippen molar-refractivity contribution in [2.75, 3.05) is 19.0 Å². The lowest BCUT2D eigenvalue weighted by molar-refractivity contribution is 0.178. The maximum Gasteiger partial charge on any atom is 0.407 e. The summed E-state index contributed by atoms with van der Waals surface area (Å²) in [5, 5.41) is 2.46. The molecule has 0 aromatic heterocycles. The molecule has 0 saturated carbocycles. The Morgan fingerprint density at radius 2 is 2.50 bits per heavy atom. The molecule has 3 nitrogen and oxygen atoms in total. The van der Waals surface area contributed by atoms with Crippen molar-refractivity contribution >= 4 is 17.7 Å². The minimum absolute atomic E-state index is 0.296. The minimum Gasteiger partial charge on any atom is -0.448 e. The molecule has 4 heteroatoms. The van der Waals surface area contributed by atoms with Crippen molar-refractivity contribution < 1.29 is 9.53 Å². The molecule has 0 aromatic carbocycles. The Kier molecular flexibility index (Phi) is 5.97. The van der Waals surface area contributed by atoms with Gasteiger partial charge in [-0.05, 0) is 0 Å². The summed E-state index contributed by atoms with van der Waals surface area (Å²) < 4.78 is 4.40. The van der Waals surface area contributed by atoms with Crippen molar-refractivity contribution in [2.24, 2.45) is 0 Å². The van der Waals surface area contributed by atoms with Gasteiger partial charge in [-0.2, -0.15) is 0 Å². The molecule has 1 amide bonds. The molecule has 0 atom stereocenters. The molecule has 0 aromatic rings. The van der Waals surface area contributed by atoms with Gasteiger partial charge in [0.1, 0.15) is 6.61 Å². The van der Waals surface area contributed by atoms with Crippen LogP contribution < -0.4 is 5.32 Å². The summed E-state index contributed by atoms with van der Waals surface area (Å²) in [7, 11) is 0. The number of hydrogen-bond donors (Lipinski definition) is 1. The maximum atomic E-state index is 9.91. The van der Waals surface area contributed by atoms with Crippen LogP contribution in [0.15, 0.2) is 12.7 Å². The lowest BCUT2D eigenvalue weighted by atomic mass is 10.7. The number of ether oxygens (including phenoxy) is 1. The van der Waals surface area contributed by atoms with E-state index in [1.54, 1.807) is 6.08 Å². The van der Waals surface area contributed by atoms with E-state index >= 15 is 0 Å². The van der Waals surface area contributed by atoms with Crippen molar-refractivity contribution in [3.8, 4) is 0 Å². The predicted molar refractivity (Wildman–Crippen MR) is 40.3 cm³/mol. The Bertz CT molecular complexity index is 108. The third-order valence-corrected chi connectivity index (χ3v) is 0.932. The summed E-state index contributed by atoms with van der Waals surface area (Å²) in [5.74, 6) is 0.556. The number of hydrogen-bond acceptors (Lipinski definition) is 2. The Labute approximate surface area is 65.0 Å². The number of carbonyl (C=O) groups is 1. The summed E-state index contributed by atoms with van der Waals surface area (Å²) in [4.78, 5) is 9.91. The fourth-order valence-electron chi connectivity index (χ4n) is 0.348. The van der Waals surface area contributed by atoms with Gasteiger partial charge in [0.05, 0.1) is 6.54 Å². The molecule has 1 heterocycles. The largest absolute Gasteiger partial charge is 0.448 e. The lowest BCUT2D eigenvalue weighted by Crippen LogP contribution is -2.11. The van der Waals surface area contributed by atoms with Crippen LogP contribution in [0.3, 0.4) is 0 Å². The Morgan fingerprint density at radius 3 is 2.60 bits per heavy atom. The zero-order chi connectivity index (χ0) is 7.82. The Balaban J connectivity index is 0.000000180. The quantitative estimate of drug-likeness (QED) is 0.465. The van der Waals surface area contributed by atoms with Crippen molar-refractivity contribution in [1.29, 1.82) is 0 Å². The molecule has 1 N–H and O–H groups in total. The van der Waals surface area contributed by atoms with Crippen LogP contribution in [0, 0.1) is 0 Å². The van der Waals surface area contributed by atoms with Gasteiger partial charge in [0.15, 0.2) is 0 Å². The molecule has 1 rings (SSSR count). The summed E-state index contributed by atoms with van der Waals surface area (Å²) in [6.45, 7) is 4.54. The van der Waals surface area contributed by atoms with E-state index in [2.05, 4.69) is 16.6 Å². The Morgan fingerprint density at radius 1 is 1.90 bits per heavy atom. The summed E-state index contributed by atoms with van der Waals surface area (Å²) >= 11 is 5.07. The second-order valence-electron chi connectivity index (χ2n) is 1.51. The first-order valence-electron chi connectivity index (χ1n) is 2.88. The van der Waals surface area contributed by atoms with Crippen LogP contribution in [0.1, 0.15) is 0 Å². The molecule has 1 saturated heterocycles. The number of alkyl carbamates (subject to hydrolysis) is 1. The number of halogens is 1. The van der Waals surface area contributed by atoms with Crippen LogP contribution in [0.2, 0.25) is 0 Å². The molecule has 0 radical (unpaired) electrons. The van der Waals surface area contributed by atoms with E-state index in [0.29, 0.717) is 19.0 Å². The molecule has 10 heavy (non-hydrogen) atoms. The number of cyclic esters (lactones) is 1. The molecule has 0 spiro atoms. The van der Waals surface area contributed by atoms with Gasteiger partial charge >= 0.3 is 6.09 Å². The SMILES string of the molecule is C=CCCl.O=C1NCCO1. The molecular formula is C6H10ClNO2. The lowest BCUT2D eigenvalue weighted by Gasteiger charge is -1.80. The van der Waals surface area contributed by atoms with E-state index in [4.69, 9.17) is 11.6 Å². The third kappa shape index (κ3) is 5.44. The fraction of sp³-hybridized carbons (Fsp3) is 0.500. The van der Waals surface area contributed by atoms with Crippen molar-refractivity contribution in [2.45, 2.75) is 0 Å². The van der Waals surface area contributed by atoms with Crippen LogP contribution in [0.25, 0.3) is 0 Å². The van der Waals surface area contributed by atoms with Gasteiger partial charge in [-0.1, -0.05) is 6.08 Å². The first kappa shape index (κ1) is 9.30. The van der Waals surface area contributed by atoms with E-state index in [9.17, 15) is 4.79 Å². The molecule has 58 valence electrons. The van der Waals surface area contributed by atoms with Crippen LogP contribution in [-0.4, -0.2) is 25.1 Å². The van der Waals surface area contributed by atoms with Gasteiger partial charge in [0.25, 0.3) is 0 Å². The zero-order valence-corrected chi connectivity index (χ0v) is 6.36. The number of alkyl halides is 1. The number of allylic oxidation sites excluding steroid dienone is 1. The highest BCUT2D eigenvalue weighted by Crippen LogP contribution is 1.82. The summed E-state index contributed by atoms with van der Waals surface area (Å²) in [5.41, 5.74) is 0. The second-order valence-corrected chi connectivity index (χ2v) is 1.81. The van der Waals surface area contributed by atoms with Crippen molar-refractivity contribution in [3.63, 3.8) is 0 Å². The first-order chi connectivity index (χ1) is 4.81. The summed E-state index contributed by atoms with van der Waals surface area (Å²) in [6, 6.07) is 0. The van der Waals surface area contributed by atoms with E-state index < -0.39 is 0 Å². The number of carbonyl (C=O) groups excluding carboxylic acids is 1. The van der Waals surface area contributed by atoms with Crippen LogP contribution in [-0.2, 0) is 4.74 Å². The van der Waals surface area contributed by atoms with E-state index in [1.165, 1.54) is 0 Å². The highest BCUT2D eigenvalue weighted by atomic mass is 35.5. The fourth-order valence-corrected chi connectivity index (χ4v) is 0.348. The average molecular weight is 164 g/mol. The topological polar surface area (TPSA) is 38.3 Å². The molecule has 0 unspecified atom stereocenters. The monoisotopic (exact) mass is 163 g/mol. The molecule has 0 aliphatic carbocycles. The van der Waals surface area contributed by atoms with Crippen LogP contribution in [0.5, 0.6) is 0 Å².